The molecule has 0 aliphatic rings. The van der Waals surface area contributed by atoms with Crippen molar-refractivity contribution in [3.63, 3.8) is 0 Å². The van der Waals surface area contributed by atoms with Crippen LogP contribution in [0.5, 0.6) is 0 Å². The van der Waals surface area contributed by atoms with Crippen molar-refractivity contribution < 1.29 is 23.1 Å². The maximum Gasteiger partial charge on any atom is 0.321 e. The smallest absolute Gasteiger partial charge is 0.321 e. The first-order valence-electron chi connectivity index (χ1n) is 5.28. The van der Waals surface area contributed by atoms with Gasteiger partial charge in [-0.3, -0.25) is 4.79 Å². The summed E-state index contributed by atoms with van der Waals surface area (Å²) < 4.78 is 31.8. The zero-order valence-electron chi connectivity index (χ0n) is 10.3. The van der Waals surface area contributed by atoms with Crippen LogP contribution >= 0.6 is 27.3 Å². The van der Waals surface area contributed by atoms with Crippen LogP contribution in [0.2, 0.25) is 0 Å². The Morgan fingerprint density at radius 2 is 2.26 bits per heavy atom. The highest BCUT2D eigenvalue weighted by molar-refractivity contribution is 9.11. The second-order valence-corrected chi connectivity index (χ2v) is 8.08. The third-order valence-electron chi connectivity index (χ3n) is 2.34. The number of methoxy groups -OCH3 is 1. The highest BCUT2D eigenvalue weighted by atomic mass is 79.9. The molecule has 1 heterocycles. The number of sulfonamides is 1. The molecule has 0 saturated carbocycles. The number of carboxylic acids is 1. The van der Waals surface area contributed by atoms with Crippen molar-refractivity contribution in [2.24, 2.45) is 0 Å². The molecule has 2 N–H and O–H groups in total. The molecular weight excluding hydrogens is 358 g/mol. The maximum absolute atomic E-state index is 12.1. The Labute approximate surface area is 124 Å². The summed E-state index contributed by atoms with van der Waals surface area (Å²) in [4.78, 5) is 11.7. The standard InChI is InChI=1S/C10H14BrNO5S2/c1-6-8(5-9(11)18-6)19(15,16)12-7(10(13)14)3-4-17-2/h5,7,12H,3-4H2,1-2H3,(H,13,14). The molecular formula is C10H14BrNO5S2. The van der Waals surface area contributed by atoms with Crippen LogP contribution in [0.25, 0.3) is 0 Å². The van der Waals surface area contributed by atoms with Crippen LogP contribution < -0.4 is 4.72 Å². The van der Waals surface area contributed by atoms with E-state index >= 15 is 0 Å². The van der Waals surface area contributed by atoms with Crippen LogP contribution in [0.3, 0.4) is 0 Å². The summed E-state index contributed by atoms with van der Waals surface area (Å²) in [6.45, 7) is 1.82. The Morgan fingerprint density at radius 1 is 1.63 bits per heavy atom. The highest BCUT2D eigenvalue weighted by Gasteiger charge is 2.27. The minimum atomic E-state index is -3.85. The molecule has 1 aromatic rings. The van der Waals surface area contributed by atoms with E-state index in [0.717, 1.165) is 0 Å². The molecule has 6 nitrogen and oxygen atoms in total. The van der Waals surface area contributed by atoms with E-state index in [1.54, 1.807) is 6.92 Å². The summed E-state index contributed by atoms with van der Waals surface area (Å²) in [6, 6.07) is 0.250. The molecule has 0 spiro atoms. The third-order valence-corrected chi connectivity index (χ3v) is 5.62. The van der Waals surface area contributed by atoms with Gasteiger partial charge in [0.2, 0.25) is 10.0 Å². The molecule has 0 amide bonds. The monoisotopic (exact) mass is 371 g/mol. The van der Waals surface area contributed by atoms with Gasteiger partial charge in [0.15, 0.2) is 0 Å². The van der Waals surface area contributed by atoms with Gasteiger partial charge < -0.3 is 9.84 Å². The average Bonchev–Trinajstić information content (AvgIpc) is 2.64. The Balaban J connectivity index is 2.94. The molecule has 1 atom stereocenters. The van der Waals surface area contributed by atoms with Gasteiger partial charge in [0.25, 0.3) is 0 Å². The van der Waals surface area contributed by atoms with Crippen molar-refractivity contribution >= 4 is 43.3 Å². The lowest BCUT2D eigenvalue weighted by Crippen LogP contribution is -2.41. The molecule has 0 aliphatic heterocycles. The molecule has 0 aromatic carbocycles. The first kappa shape index (κ1) is 16.6. The van der Waals surface area contributed by atoms with Crippen LogP contribution in [0.15, 0.2) is 14.7 Å². The molecule has 0 radical (unpaired) electrons. The molecule has 19 heavy (non-hydrogen) atoms. The predicted molar refractivity (Wildman–Crippen MR) is 75.0 cm³/mol. The van der Waals surface area contributed by atoms with E-state index in [2.05, 4.69) is 20.7 Å². The second kappa shape index (κ2) is 6.80. The number of aryl methyl sites for hydroxylation is 1. The van der Waals surface area contributed by atoms with Crippen LogP contribution in [0.1, 0.15) is 11.3 Å². The summed E-state index contributed by atoms with van der Waals surface area (Å²) in [5.41, 5.74) is 0. The second-order valence-electron chi connectivity index (χ2n) is 3.76. The van der Waals surface area contributed by atoms with Crippen molar-refractivity contribution in [1.82, 2.24) is 4.72 Å². The van der Waals surface area contributed by atoms with Gasteiger partial charge in [0.05, 0.1) is 8.68 Å². The molecule has 0 saturated heterocycles. The minimum absolute atomic E-state index is 0.0649. The summed E-state index contributed by atoms with van der Waals surface area (Å²) in [5.74, 6) is -1.23. The Morgan fingerprint density at radius 3 is 2.68 bits per heavy atom. The normalized spacial score (nSPS) is 13.4. The van der Waals surface area contributed by atoms with Crippen LogP contribution in [0.4, 0.5) is 0 Å². The number of rotatable bonds is 7. The number of nitrogens with one attached hydrogen (secondary N) is 1. The molecule has 0 fully saturated rings. The van der Waals surface area contributed by atoms with Gasteiger partial charge in [-0.15, -0.1) is 11.3 Å². The minimum Gasteiger partial charge on any atom is -0.480 e. The topological polar surface area (TPSA) is 92.7 Å². The number of carboxylic acid groups (broad SMARTS) is 1. The Kier molecular flexibility index (Phi) is 5.93. The van der Waals surface area contributed by atoms with Gasteiger partial charge in [-0.2, -0.15) is 4.72 Å². The van der Waals surface area contributed by atoms with Gasteiger partial charge in [-0.1, -0.05) is 0 Å². The summed E-state index contributed by atoms with van der Waals surface area (Å²) in [5, 5.41) is 9.00. The van der Waals surface area contributed by atoms with Gasteiger partial charge in [0.1, 0.15) is 6.04 Å². The Bertz CT molecular complexity index is 554. The lowest BCUT2D eigenvalue weighted by atomic mass is 10.2. The molecule has 108 valence electrons. The average molecular weight is 372 g/mol. The van der Waals surface area contributed by atoms with Gasteiger partial charge >= 0.3 is 5.97 Å². The number of hydrogen-bond donors (Lipinski definition) is 2. The zero-order chi connectivity index (χ0) is 14.6. The quantitative estimate of drug-likeness (QED) is 0.758. The molecule has 0 aliphatic carbocycles. The lowest BCUT2D eigenvalue weighted by Gasteiger charge is -2.14. The first-order chi connectivity index (χ1) is 8.77. The van der Waals surface area contributed by atoms with Crippen LogP contribution in [-0.2, 0) is 19.6 Å². The molecule has 9 heteroatoms. The fourth-order valence-corrected chi connectivity index (χ4v) is 5.05. The van der Waals surface area contributed by atoms with Crippen molar-refractivity contribution in [1.29, 1.82) is 0 Å². The van der Waals surface area contributed by atoms with Crippen molar-refractivity contribution in [3.8, 4) is 0 Å². The number of ether oxygens (including phenoxy) is 1. The van der Waals surface area contributed by atoms with Gasteiger partial charge in [-0.25, -0.2) is 8.42 Å². The number of aliphatic carboxylic acids is 1. The van der Waals surface area contributed by atoms with E-state index in [1.165, 1.54) is 24.5 Å². The predicted octanol–water partition coefficient (Wildman–Crippen LogP) is 1.59. The lowest BCUT2D eigenvalue weighted by molar-refractivity contribution is -0.139. The summed E-state index contributed by atoms with van der Waals surface area (Å²) in [7, 11) is -2.43. The van der Waals surface area contributed by atoms with E-state index in [0.29, 0.717) is 8.66 Å². The van der Waals surface area contributed by atoms with Crippen molar-refractivity contribution in [3.05, 3.63) is 14.7 Å². The molecule has 1 aromatic heterocycles. The van der Waals surface area contributed by atoms with E-state index in [4.69, 9.17) is 9.84 Å². The fraction of sp³-hybridized carbons (Fsp3) is 0.500. The fourth-order valence-electron chi connectivity index (χ4n) is 1.42. The number of carbonyl (C=O) groups is 1. The summed E-state index contributed by atoms with van der Waals surface area (Å²) in [6.07, 6.45) is 0.0649. The maximum atomic E-state index is 12.1. The third kappa shape index (κ3) is 4.53. The van der Waals surface area contributed by atoms with Crippen LogP contribution in [-0.4, -0.2) is 39.3 Å². The summed E-state index contributed by atoms with van der Waals surface area (Å²) >= 11 is 4.48. The first-order valence-corrected chi connectivity index (χ1v) is 8.37. The van der Waals surface area contributed by atoms with Crippen molar-refractivity contribution in [2.45, 2.75) is 24.3 Å². The zero-order valence-corrected chi connectivity index (χ0v) is 13.6. The van der Waals surface area contributed by atoms with E-state index in [-0.39, 0.29) is 17.9 Å². The largest absolute Gasteiger partial charge is 0.480 e. The van der Waals surface area contributed by atoms with E-state index < -0.39 is 22.0 Å². The van der Waals surface area contributed by atoms with Crippen LogP contribution in [0, 0.1) is 6.92 Å². The van der Waals surface area contributed by atoms with Crippen molar-refractivity contribution in [2.75, 3.05) is 13.7 Å². The van der Waals surface area contributed by atoms with Gasteiger partial charge in [-0.05, 0) is 35.3 Å². The molecule has 0 bridgehead atoms. The number of hydrogen-bond acceptors (Lipinski definition) is 5. The molecule has 1 rings (SSSR count). The number of thiophene rings is 1. The van der Waals surface area contributed by atoms with E-state index in [9.17, 15) is 13.2 Å². The van der Waals surface area contributed by atoms with E-state index in [1.807, 2.05) is 0 Å². The number of halogens is 1. The molecule has 1 unspecified atom stereocenters. The highest BCUT2D eigenvalue weighted by Crippen LogP contribution is 2.29. The SMILES string of the molecule is COCCC(NS(=O)(=O)c1cc(Br)sc1C)C(=O)O. The Hall–Kier alpha value is -0.480. The van der Waals surface area contributed by atoms with Gasteiger partial charge in [0, 0.05) is 18.6 Å².